The zero-order chi connectivity index (χ0) is 14.9. The average Bonchev–Trinajstić information content (AvgIpc) is 2.66. The number of hydrogen-bond acceptors (Lipinski definition) is 2. The van der Waals surface area contributed by atoms with Crippen molar-refractivity contribution in [3.8, 4) is 0 Å². The first-order chi connectivity index (χ1) is 9.45. The van der Waals surface area contributed by atoms with Crippen molar-refractivity contribution in [1.82, 2.24) is 9.78 Å². The normalized spacial score (nSPS) is 12.7. The summed E-state index contributed by atoms with van der Waals surface area (Å²) in [6.07, 6.45) is -0.906. The average molecular weight is 317 g/mol. The quantitative estimate of drug-likeness (QED) is 0.928. The molecular weight excluding hydrogens is 302 g/mol. The van der Waals surface area contributed by atoms with Gasteiger partial charge in [-0.2, -0.15) is 5.10 Å². The fourth-order valence-corrected chi connectivity index (χ4v) is 2.68. The van der Waals surface area contributed by atoms with Crippen LogP contribution in [0.15, 0.2) is 18.2 Å². The number of hydrogen-bond donors (Lipinski definition) is 1. The predicted octanol–water partition coefficient (Wildman–Crippen LogP) is 3.93. The SMILES string of the molecule is CCn1nc(C)c(Cl)c1CC(O)c1c(F)cccc1Cl. The molecule has 1 N–H and O–H groups in total. The van der Waals surface area contributed by atoms with Crippen molar-refractivity contribution in [2.45, 2.75) is 32.9 Å². The molecule has 0 radical (unpaired) electrons. The van der Waals surface area contributed by atoms with Gasteiger partial charge in [0.25, 0.3) is 0 Å². The van der Waals surface area contributed by atoms with Crippen LogP contribution in [0.4, 0.5) is 4.39 Å². The molecule has 1 unspecified atom stereocenters. The van der Waals surface area contributed by atoms with Crippen LogP contribution in [-0.2, 0) is 13.0 Å². The van der Waals surface area contributed by atoms with Crippen molar-refractivity contribution in [3.63, 3.8) is 0 Å². The van der Waals surface area contributed by atoms with Crippen LogP contribution in [0.3, 0.4) is 0 Å². The Hall–Kier alpha value is -1.10. The minimum absolute atomic E-state index is 0.0896. The van der Waals surface area contributed by atoms with Gasteiger partial charge in [-0.15, -0.1) is 0 Å². The fourth-order valence-electron chi connectivity index (χ4n) is 2.18. The predicted molar refractivity (Wildman–Crippen MR) is 77.7 cm³/mol. The largest absolute Gasteiger partial charge is 0.388 e. The minimum Gasteiger partial charge on any atom is -0.388 e. The van der Waals surface area contributed by atoms with Gasteiger partial charge in [0.1, 0.15) is 5.82 Å². The molecule has 0 aliphatic heterocycles. The van der Waals surface area contributed by atoms with Crippen LogP contribution in [-0.4, -0.2) is 14.9 Å². The highest BCUT2D eigenvalue weighted by atomic mass is 35.5. The van der Waals surface area contributed by atoms with Crippen LogP contribution in [0.5, 0.6) is 0 Å². The smallest absolute Gasteiger partial charge is 0.130 e. The van der Waals surface area contributed by atoms with E-state index in [0.717, 1.165) is 0 Å². The minimum atomic E-state index is -1.07. The molecule has 0 spiro atoms. The molecule has 108 valence electrons. The summed E-state index contributed by atoms with van der Waals surface area (Å²) >= 11 is 12.1. The highest BCUT2D eigenvalue weighted by Gasteiger charge is 2.21. The fraction of sp³-hybridized carbons (Fsp3) is 0.357. The van der Waals surface area contributed by atoms with Crippen LogP contribution in [0.1, 0.15) is 30.0 Å². The van der Waals surface area contributed by atoms with E-state index in [1.165, 1.54) is 12.1 Å². The molecule has 1 aromatic heterocycles. The molecule has 2 aromatic rings. The van der Waals surface area contributed by atoms with Gasteiger partial charge in [0.15, 0.2) is 0 Å². The van der Waals surface area contributed by atoms with Crippen LogP contribution in [0.2, 0.25) is 10.0 Å². The third-order valence-corrected chi connectivity index (χ3v) is 3.99. The van der Waals surface area contributed by atoms with E-state index in [4.69, 9.17) is 23.2 Å². The Kier molecular flexibility index (Phi) is 4.68. The van der Waals surface area contributed by atoms with Crippen molar-refractivity contribution in [3.05, 3.63) is 51.0 Å². The third-order valence-electron chi connectivity index (χ3n) is 3.17. The van der Waals surface area contributed by atoms with E-state index in [0.29, 0.717) is 23.0 Å². The number of aromatic nitrogens is 2. The lowest BCUT2D eigenvalue weighted by atomic mass is 10.0. The Morgan fingerprint density at radius 3 is 2.70 bits per heavy atom. The van der Waals surface area contributed by atoms with E-state index in [2.05, 4.69) is 5.10 Å². The van der Waals surface area contributed by atoms with Gasteiger partial charge >= 0.3 is 0 Å². The molecule has 0 fully saturated rings. The maximum Gasteiger partial charge on any atom is 0.130 e. The highest BCUT2D eigenvalue weighted by Crippen LogP contribution is 2.31. The second-order valence-corrected chi connectivity index (χ2v) is 5.30. The number of halogens is 3. The summed E-state index contributed by atoms with van der Waals surface area (Å²) in [5, 5.41) is 15.2. The molecule has 1 aromatic carbocycles. The molecule has 0 aliphatic rings. The first kappa shape index (κ1) is 15.3. The van der Waals surface area contributed by atoms with E-state index in [1.54, 1.807) is 17.7 Å². The highest BCUT2D eigenvalue weighted by molar-refractivity contribution is 6.32. The Morgan fingerprint density at radius 2 is 2.10 bits per heavy atom. The Labute approximate surface area is 126 Å². The Morgan fingerprint density at radius 1 is 1.40 bits per heavy atom. The monoisotopic (exact) mass is 316 g/mol. The van der Waals surface area contributed by atoms with E-state index in [1.807, 2.05) is 6.92 Å². The van der Waals surface area contributed by atoms with Crippen molar-refractivity contribution >= 4 is 23.2 Å². The third kappa shape index (κ3) is 2.82. The van der Waals surface area contributed by atoms with Crippen LogP contribution in [0.25, 0.3) is 0 Å². The van der Waals surface area contributed by atoms with Crippen molar-refractivity contribution < 1.29 is 9.50 Å². The van der Waals surface area contributed by atoms with Crippen LogP contribution in [0, 0.1) is 12.7 Å². The van der Waals surface area contributed by atoms with Crippen LogP contribution >= 0.6 is 23.2 Å². The molecule has 20 heavy (non-hydrogen) atoms. The maximum absolute atomic E-state index is 13.8. The lowest BCUT2D eigenvalue weighted by molar-refractivity contribution is 0.171. The maximum atomic E-state index is 13.8. The summed E-state index contributed by atoms with van der Waals surface area (Å²) in [6, 6.07) is 4.32. The van der Waals surface area contributed by atoms with Gasteiger partial charge < -0.3 is 5.11 Å². The van der Waals surface area contributed by atoms with Gasteiger partial charge in [0.2, 0.25) is 0 Å². The second-order valence-electron chi connectivity index (χ2n) is 4.52. The number of aliphatic hydroxyl groups excluding tert-OH is 1. The molecule has 0 amide bonds. The van der Waals surface area contributed by atoms with Gasteiger partial charge in [-0.25, -0.2) is 4.39 Å². The molecule has 0 bridgehead atoms. The van der Waals surface area contributed by atoms with Gasteiger partial charge in [-0.3, -0.25) is 4.68 Å². The molecular formula is C14H15Cl2FN2O. The summed E-state index contributed by atoms with van der Waals surface area (Å²) < 4.78 is 15.5. The van der Waals surface area contributed by atoms with Gasteiger partial charge in [-0.1, -0.05) is 29.3 Å². The molecule has 1 heterocycles. The van der Waals surface area contributed by atoms with Crippen molar-refractivity contribution in [2.24, 2.45) is 0 Å². The van der Waals surface area contributed by atoms with Gasteiger partial charge in [-0.05, 0) is 26.0 Å². The van der Waals surface area contributed by atoms with Crippen molar-refractivity contribution in [2.75, 3.05) is 0 Å². The van der Waals surface area contributed by atoms with E-state index in [9.17, 15) is 9.50 Å². The Balaban J connectivity index is 2.35. The summed E-state index contributed by atoms with van der Waals surface area (Å²) in [7, 11) is 0. The zero-order valence-corrected chi connectivity index (χ0v) is 12.7. The number of rotatable bonds is 4. The van der Waals surface area contributed by atoms with Gasteiger partial charge in [0.05, 0.1) is 22.5 Å². The zero-order valence-electron chi connectivity index (χ0n) is 11.2. The summed E-state index contributed by atoms with van der Waals surface area (Å²) in [4.78, 5) is 0. The molecule has 0 saturated carbocycles. The summed E-state index contributed by atoms with van der Waals surface area (Å²) in [5.74, 6) is -0.527. The lowest BCUT2D eigenvalue weighted by Crippen LogP contribution is -2.10. The van der Waals surface area contributed by atoms with E-state index < -0.39 is 11.9 Å². The van der Waals surface area contributed by atoms with Gasteiger partial charge in [0, 0.05) is 23.6 Å². The lowest BCUT2D eigenvalue weighted by Gasteiger charge is -2.14. The Bertz CT molecular complexity index is 608. The number of aryl methyl sites for hydroxylation is 2. The molecule has 6 heteroatoms. The second kappa shape index (κ2) is 6.12. The molecule has 0 saturated heterocycles. The number of nitrogens with zero attached hydrogens (tertiary/aromatic N) is 2. The molecule has 1 atom stereocenters. The molecule has 0 aliphatic carbocycles. The summed E-state index contributed by atoms with van der Waals surface area (Å²) in [5.41, 5.74) is 1.46. The number of benzene rings is 1. The molecule has 2 rings (SSSR count). The number of aliphatic hydroxyl groups is 1. The standard InChI is InChI=1S/C14H15Cl2FN2O/c1-3-19-11(14(16)8(2)18-19)7-12(20)13-9(15)5-4-6-10(13)17/h4-6,12,20H,3,7H2,1-2H3. The van der Waals surface area contributed by atoms with Crippen LogP contribution < -0.4 is 0 Å². The van der Waals surface area contributed by atoms with E-state index in [-0.39, 0.29) is 17.0 Å². The summed E-state index contributed by atoms with van der Waals surface area (Å²) in [6.45, 7) is 4.34. The van der Waals surface area contributed by atoms with E-state index >= 15 is 0 Å². The first-order valence-electron chi connectivity index (χ1n) is 6.29. The topological polar surface area (TPSA) is 38.0 Å². The molecule has 3 nitrogen and oxygen atoms in total. The van der Waals surface area contributed by atoms with Crippen molar-refractivity contribution in [1.29, 1.82) is 0 Å². The first-order valence-corrected chi connectivity index (χ1v) is 7.05.